The molecular formula is C14H22N6. The van der Waals surface area contributed by atoms with Crippen LogP contribution in [0.25, 0.3) is 5.65 Å². The van der Waals surface area contributed by atoms with Crippen LogP contribution in [0.2, 0.25) is 0 Å². The van der Waals surface area contributed by atoms with Gasteiger partial charge in [-0.1, -0.05) is 0 Å². The summed E-state index contributed by atoms with van der Waals surface area (Å²) in [5, 5.41) is 8.54. The van der Waals surface area contributed by atoms with Crippen molar-refractivity contribution in [3.63, 3.8) is 0 Å². The van der Waals surface area contributed by atoms with Gasteiger partial charge in [0.05, 0.1) is 0 Å². The van der Waals surface area contributed by atoms with E-state index in [0.717, 1.165) is 56.2 Å². The van der Waals surface area contributed by atoms with Crippen LogP contribution in [0, 0.1) is 0 Å². The van der Waals surface area contributed by atoms with E-state index >= 15 is 0 Å². The Labute approximate surface area is 119 Å². The number of pyridine rings is 1. The van der Waals surface area contributed by atoms with Crippen LogP contribution in [-0.2, 0) is 13.0 Å². The second-order valence-electron chi connectivity index (χ2n) is 5.48. The van der Waals surface area contributed by atoms with Crippen molar-refractivity contribution in [2.75, 3.05) is 39.8 Å². The van der Waals surface area contributed by atoms with Crippen molar-refractivity contribution >= 4 is 5.65 Å². The summed E-state index contributed by atoms with van der Waals surface area (Å²) in [6.45, 7) is 6.18. The molecule has 0 saturated carbocycles. The minimum Gasteiger partial charge on any atom is -0.326 e. The highest BCUT2D eigenvalue weighted by Crippen LogP contribution is 2.08. The molecule has 0 spiro atoms. The fourth-order valence-electron chi connectivity index (χ4n) is 2.61. The summed E-state index contributed by atoms with van der Waals surface area (Å²) in [5.74, 6) is 1.03. The van der Waals surface area contributed by atoms with Crippen molar-refractivity contribution in [1.29, 1.82) is 0 Å². The van der Waals surface area contributed by atoms with Crippen LogP contribution in [0.3, 0.4) is 0 Å². The number of nitrogens with zero attached hydrogens (tertiary/aromatic N) is 5. The molecule has 1 aliphatic rings. The molecule has 20 heavy (non-hydrogen) atoms. The van der Waals surface area contributed by atoms with Crippen molar-refractivity contribution in [2.24, 2.45) is 5.73 Å². The minimum absolute atomic E-state index is 0.542. The van der Waals surface area contributed by atoms with E-state index in [1.165, 1.54) is 0 Å². The van der Waals surface area contributed by atoms with E-state index in [4.69, 9.17) is 5.73 Å². The third kappa shape index (κ3) is 2.82. The predicted octanol–water partition coefficient (Wildman–Crippen LogP) is -0.0221. The molecule has 3 rings (SSSR count). The van der Waals surface area contributed by atoms with Gasteiger partial charge < -0.3 is 15.5 Å². The van der Waals surface area contributed by atoms with Gasteiger partial charge in [-0.05, 0) is 24.7 Å². The Bertz CT molecular complexity index is 570. The zero-order valence-electron chi connectivity index (χ0n) is 12.0. The van der Waals surface area contributed by atoms with Crippen molar-refractivity contribution < 1.29 is 0 Å². The van der Waals surface area contributed by atoms with Gasteiger partial charge >= 0.3 is 0 Å². The van der Waals surface area contributed by atoms with Gasteiger partial charge in [-0.3, -0.25) is 4.40 Å². The van der Waals surface area contributed by atoms with Crippen molar-refractivity contribution in [2.45, 2.75) is 13.0 Å². The number of nitrogens with two attached hydrogens (primary N) is 1. The van der Waals surface area contributed by atoms with Gasteiger partial charge in [-0.15, -0.1) is 10.2 Å². The second-order valence-corrected chi connectivity index (χ2v) is 5.48. The highest BCUT2D eigenvalue weighted by molar-refractivity contribution is 5.41. The number of fused-ring (bicyclic) bond motifs is 1. The first-order chi connectivity index (χ1) is 9.76. The molecule has 6 nitrogen and oxygen atoms in total. The molecule has 0 aromatic carbocycles. The molecule has 108 valence electrons. The van der Waals surface area contributed by atoms with Crippen LogP contribution in [0.15, 0.2) is 18.3 Å². The summed E-state index contributed by atoms with van der Waals surface area (Å²) in [6.07, 6.45) is 2.96. The predicted molar refractivity (Wildman–Crippen MR) is 78.5 cm³/mol. The van der Waals surface area contributed by atoms with E-state index in [0.29, 0.717) is 6.54 Å². The SMILES string of the molecule is CN1CCN(CCc2nnc3cc(CN)ccn23)CC1. The Morgan fingerprint density at radius 1 is 1.20 bits per heavy atom. The van der Waals surface area contributed by atoms with E-state index in [9.17, 15) is 0 Å². The smallest absolute Gasteiger partial charge is 0.161 e. The molecule has 0 aliphatic carbocycles. The maximum Gasteiger partial charge on any atom is 0.161 e. The lowest BCUT2D eigenvalue weighted by atomic mass is 10.2. The monoisotopic (exact) mass is 274 g/mol. The van der Waals surface area contributed by atoms with Crippen LogP contribution < -0.4 is 5.73 Å². The quantitative estimate of drug-likeness (QED) is 0.849. The summed E-state index contributed by atoms with van der Waals surface area (Å²) in [6, 6.07) is 4.04. The highest BCUT2D eigenvalue weighted by Gasteiger charge is 2.14. The van der Waals surface area contributed by atoms with Crippen molar-refractivity contribution in [3.8, 4) is 0 Å². The Kier molecular flexibility index (Phi) is 3.95. The maximum atomic E-state index is 5.65. The molecule has 1 aliphatic heterocycles. The lowest BCUT2D eigenvalue weighted by Gasteiger charge is -2.32. The molecule has 0 amide bonds. The molecule has 3 heterocycles. The van der Waals surface area contributed by atoms with Crippen molar-refractivity contribution in [3.05, 3.63) is 29.7 Å². The van der Waals surface area contributed by atoms with Gasteiger partial charge in [0.2, 0.25) is 0 Å². The van der Waals surface area contributed by atoms with E-state index in [1.54, 1.807) is 0 Å². The van der Waals surface area contributed by atoms with Crippen LogP contribution in [-0.4, -0.2) is 64.2 Å². The average molecular weight is 274 g/mol. The number of aromatic nitrogens is 3. The lowest BCUT2D eigenvalue weighted by Crippen LogP contribution is -2.45. The minimum atomic E-state index is 0.542. The van der Waals surface area contributed by atoms with E-state index in [1.807, 2.05) is 18.3 Å². The molecule has 0 radical (unpaired) electrons. The normalized spacial score (nSPS) is 17.9. The molecule has 0 bridgehead atoms. The first-order valence-electron chi connectivity index (χ1n) is 7.20. The highest BCUT2D eigenvalue weighted by atomic mass is 15.3. The molecule has 0 unspecified atom stereocenters. The first kappa shape index (κ1) is 13.5. The lowest BCUT2D eigenvalue weighted by molar-refractivity contribution is 0.155. The summed E-state index contributed by atoms with van der Waals surface area (Å²) >= 11 is 0. The topological polar surface area (TPSA) is 62.7 Å². The molecule has 1 saturated heterocycles. The second kappa shape index (κ2) is 5.87. The molecular weight excluding hydrogens is 252 g/mol. The Balaban J connectivity index is 1.65. The molecule has 6 heteroatoms. The molecule has 2 aromatic rings. The Morgan fingerprint density at radius 3 is 2.75 bits per heavy atom. The Morgan fingerprint density at radius 2 is 2.00 bits per heavy atom. The van der Waals surface area contributed by atoms with E-state index in [-0.39, 0.29) is 0 Å². The summed E-state index contributed by atoms with van der Waals surface area (Å²) in [5.41, 5.74) is 7.63. The zero-order chi connectivity index (χ0) is 13.9. The van der Waals surface area contributed by atoms with Gasteiger partial charge in [0.1, 0.15) is 5.82 Å². The number of hydrogen-bond donors (Lipinski definition) is 1. The number of hydrogen-bond acceptors (Lipinski definition) is 5. The fraction of sp³-hybridized carbons (Fsp3) is 0.571. The van der Waals surface area contributed by atoms with Gasteiger partial charge in [-0.25, -0.2) is 0 Å². The third-order valence-corrected chi connectivity index (χ3v) is 4.03. The van der Waals surface area contributed by atoms with Gasteiger partial charge in [0, 0.05) is 51.9 Å². The maximum absolute atomic E-state index is 5.65. The van der Waals surface area contributed by atoms with Gasteiger partial charge in [0.25, 0.3) is 0 Å². The van der Waals surface area contributed by atoms with Crippen LogP contribution >= 0.6 is 0 Å². The van der Waals surface area contributed by atoms with Crippen LogP contribution in [0.1, 0.15) is 11.4 Å². The molecule has 0 atom stereocenters. The largest absolute Gasteiger partial charge is 0.326 e. The van der Waals surface area contributed by atoms with Gasteiger partial charge in [-0.2, -0.15) is 0 Å². The number of rotatable bonds is 4. The fourth-order valence-corrected chi connectivity index (χ4v) is 2.61. The van der Waals surface area contributed by atoms with E-state index in [2.05, 4.69) is 31.4 Å². The molecule has 2 aromatic heterocycles. The average Bonchev–Trinajstić information content (AvgIpc) is 2.89. The molecule has 1 fully saturated rings. The van der Waals surface area contributed by atoms with Gasteiger partial charge in [0.15, 0.2) is 5.65 Å². The number of likely N-dealkylation sites (N-methyl/N-ethyl adjacent to an activating group) is 1. The van der Waals surface area contributed by atoms with Crippen LogP contribution in [0.5, 0.6) is 0 Å². The number of piperazine rings is 1. The zero-order valence-corrected chi connectivity index (χ0v) is 12.0. The Hall–Kier alpha value is -1.50. The first-order valence-corrected chi connectivity index (χ1v) is 7.20. The van der Waals surface area contributed by atoms with Crippen LogP contribution in [0.4, 0.5) is 0 Å². The summed E-state index contributed by atoms with van der Waals surface area (Å²) in [7, 11) is 2.18. The third-order valence-electron chi connectivity index (χ3n) is 4.03. The summed E-state index contributed by atoms with van der Waals surface area (Å²) < 4.78 is 2.06. The standard InChI is InChI=1S/C14H22N6/c1-18-6-8-19(9-7-18)4-3-13-16-17-14-10-12(11-15)2-5-20(13)14/h2,5,10H,3-4,6-9,11,15H2,1H3. The molecule has 2 N–H and O–H groups in total. The summed E-state index contributed by atoms with van der Waals surface area (Å²) in [4.78, 5) is 4.87. The van der Waals surface area contributed by atoms with E-state index < -0.39 is 0 Å². The van der Waals surface area contributed by atoms with Crippen molar-refractivity contribution in [1.82, 2.24) is 24.4 Å².